The van der Waals surface area contributed by atoms with Crippen LogP contribution < -0.4 is 15.4 Å². The fourth-order valence-electron chi connectivity index (χ4n) is 2.33. The highest BCUT2D eigenvalue weighted by atomic mass is 35.5. The summed E-state index contributed by atoms with van der Waals surface area (Å²) in [6.45, 7) is 2.10. The van der Waals surface area contributed by atoms with Gasteiger partial charge in [-0.1, -0.05) is 28.9 Å². The standard InChI is InChI=1S/C17H16ClN3O3/c1-10-7-13(16(23-2)8-12(10)18)20-17(22)19-9-14-11-5-3-4-6-15(11)24-21-14/h3-8H,9H2,1-2H3,(H2,19,20,22). The number of para-hydroxylation sites is 1. The molecule has 3 rings (SSSR count). The van der Waals surface area contributed by atoms with Crippen molar-refractivity contribution in [2.24, 2.45) is 0 Å². The number of methoxy groups -OCH3 is 1. The molecule has 0 atom stereocenters. The first-order valence-corrected chi connectivity index (χ1v) is 7.68. The Bertz CT molecular complexity index is 892. The van der Waals surface area contributed by atoms with Gasteiger partial charge in [0.2, 0.25) is 0 Å². The van der Waals surface area contributed by atoms with Crippen LogP contribution in [0.5, 0.6) is 5.75 Å². The number of rotatable bonds is 4. The van der Waals surface area contributed by atoms with Crippen molar-refractivity contribution in [1.29, 1.82) is 0 Å². The Labute approximate surface area is 143 Å². The lowest BCUT2D eigenvalue weighted by Gasteiger charge is -2.12. The van der Waals surface area contributed by atoms with Gasteiger partial charge in [-0.25, -0.2) is 4.79 Å². The molecule has 2 amide bonds. The van der Waals surface area contributed by atoms with Gasteiger partial charge in [-0.3, -0.25) is 0 Å². The molecule has 6 nitrogen and oxygen atoms in total. The molecule has 0 unspecified atom stereocenters. The molecule has 0 spiro atoms. The number of anilines is 1. The number of aryl methyl sites for hydroxylation is 1. The molecule has 2 N–H and O–H groups in total. The highest BCUT2D eigenvalue weighted by molar-refractivity contribution is 6.31. The van der Waals surface area contributed by atoms with Crippen molar-refractivity contribution in [3.8, 4) is 5.75 Å². The second-order valence-corrected chi connectivity index (χ2v) is 5.64. The number of urea groups is 1. The Morgan fingerprint density at radius 2 is 2.12 bits per heavy atom. The van der Waals surface area contributed by atoms with E-state index < -0.39 is 0 Å². The van der Waals surface area contributed by atoms with E-state index in [-0.39, 0.29) is 12.6 Å². The van der Waals surface area contributed by atoms with Crippen molar-refractivity contribution >= 4 is 34.3 Å². The number of nitrogens with one attached hydrogen (secondary N) is 2. The smallest absolute Gasteiger partial charge is 0.319 e. The van der Waals surface area contributed by atoms with Crippen molar-refractivity contribution in [2.45, 2.75) is 13.5 Å². The fourth-order valence-corrected chi connectivity index (χ4v) is 2.48. The molecule has 0 saturated heterocycles. The Morgan fingerprint density at radius 1 is 1.33 bits per heavy atom. The van der Waals surface area contributed by atoms with Crippen molar-refractivity contribution < 1.29 is 14.1 Å². The van der Waals surface area contributed by atoms with E-state index in [9.17, 15) is 4.79 Å². The molecule has 124 valence electrons. The fraction of sp³-hybridized carbons (Fsp3) is 0.176. The van der Waals surface area contributed by atoms with Crippen LogP contribution in [0.4, 0.5) is 10.5 Å². The summed E-state index contributed by atoms with van der Waals surface area (Å²) in [4.78, 5) is 12.1. The molecule has 0 bridgehead atoms. The SMILES string of the molecule is COc1cc(Cl)c(C)cc1NC(=O)NCc1noc2ccccc12. The van der Waals surface area contributed by atoms with Gasteiger partial charge in [0, 0.05) is 16.5 Å². The minimum atomic E-state index is -0.373. The van der Waals surface area contributed by atoms with Crippen LogP contribution in [0, 0.1) is 6.92 Å². The topological polar surface area (TPSA) is 76.4 Å². The average Bonchev–Trinajstić information content (AvgIpc) is 2.99. The molecule has 3 aromatic rings. The van der Waals surface area contributed by atoms with Gasteiger partial charge >= 0.3 is 6.03 Å². The molecule has 1 heterocycles. The van der Waals surface area contributed by atoms with Gasteiger partial charge in [-0.05, 0) is 30.7 Å². The van der Waals surface area contributed by atoms with Crippen molar-refractivity contribution in [1.82, 2.24) is 10.5 Å². The van der Waals surface area contributed by atoms with E-state index in [0.717, 1.165) is 10.9 Å². The molecule has 2 aromatic carbocycles. The number of benzene rings is 2. The number of carbonyl (C=O) groups is 1. The molecule has 0 fully saturated rings. The lowest BCUT2D eigenvalue weighted by atomic mass is 10.2. The number of nitrogens with zero attached hydrogens (tertiary/aromatic N) is 1. The lowest BCUT2D eigenvalue weighted by Crippen LogP contribution is -2.28. The van der Waals surface area contributed by atoms with E-state index in [1.807, 2.05) is 31.2 Å². The largest absolute Gasteiger partial charge is 0.495 e. The van der Waals surface area contributed by atoms with Gasteiger partial charge in [0.1, 0.15) is 11.4 Å². The quantitative estimate of drug-likeness (QED) is 0.745. The van der Waals surface area contributed by atoms with E-state index in [1.165, 1.54) is 7.11 Å². The Hall–Kier alpha value is -2.73. The highest BCUT2D eigenvalue weighted by Gasteiger charge is 2.12. The molecule has 0 radical (unpaired) electrons. The molecule has 7 heteroatoms. The van der Waals surface area contributed by atoms with Crippen molar-refractivity contribution in [2.75, 3.05) is 12.4 Å². The third kappa shape index (κ3) is 3.28. The monoisotopic (exact) mass is 345 g/mol. The van der Waals surface area contributed by atoms with E-state index in [0.29, 0.717) is 27.7 Å². The van der Waals surface area contributed by atoms with Gasteiger partial charge in [-0.15, -0.1) is 0 Å². The van der Waals surface area contributed by atoms with Crippen LogP contribution in [0.1, 0.15) is 11.3 Å². The van der Waals surface area contributed by atoms with E-state index >= 15 is 0 Å². The molecule has 0 aliphatic rings. The number of hydrogen-bond acceptors (Lipinski definition) is 4. The number of amides is 2. The minimum Gasteiger partial charge on any atom is -0.495 e. The predicted molar refractivity (Wildman–Crippen MR) is 92.6 cm³/mol. The van der Waals surface area contributed by atoms with Gasteiger partial charge in [0.05, 0.1) is 19.3 Å². The summed E-state index contributed by atoms with van der Waals surface area (Å²) in [7, 11) is 1.52. The third-order valence-corrected chi connectivity index (χ3v) is 4.00. The average molecular weight is 346 g/mol. The maximum Gasteiger partial charge on any atom is 0.319 e. The summed E-state index contributed by atoms with van der Waals surface area (Å²) in [5, 5.41) is 10.9. The summed E-state index contributed by atoms with van der Waals surface area (Å²) >= 11 is 6.06. The molecule has 0 saturated carbocycles. The number of fused-ring (bicyclic) bond motifs is 1. The first-order chi connectivity index (χ1) is 11.6. The predicted octanol–water partition coefficient (Wildman–Crippen LogP) is 4.12. The van der Waals surface area contributed by atoms with Crippen LogP contribution in [0.2, 0.25) is 5.02 Å². The Morgan fingerprint density at radius 3 is 2.92 bits per heavy atom. The second kappa shape index (κ2) is 6.80. The molecule has 0 aliphatic heterocycles. The Kier molecular flexibility index (Phi) is 4.57. The maximum atomic E-state index is 12.1. The molecular weight excluding hydrogens is 330 g/mol. The van der Waals surface area contributed by atoms with Gasteiger partial charge < -0.3 is 19.9 Å². The van der Waals surface area contributed by atoms with Gasteiger partial charge in [0.25, 0.3) is 0 Å². The Balaban J connectivity index is 1.69. The van der Waals surface area contributed by atoms with Gasteiger partial charge in [0.15, 0.2) is 5.58 Å². The van der Waals surface area contributed by atoms with E-state index in [2.05, 4.69) is 15.8 Å². The van der Waals surface area contributed by atoms with Crippen molar-refractivity contribution in [3.05, 3.63) is 52.7 Å². The summed E-state index contributed by atoms with van der Waals surface area (Å²) in [6, 6.07) is 10.5. The molecule has 1 aromatic heterocycles. The normalized spacial score (nSPS) is 10.6. The molecule has 24 heavy (non-hydrogen) atoms. The summed E-state index contributed by atoms with van der Waals surface area (Å²) in [5.74, 6) is 0.493. The lowest BCUT2D eigenvalue weighted by molar-refractivity contribution is 0.251. The van der Waals surface area contributed by atoms with E-state index in [1.54, 1.807) is 12.1 Å². The number of aromatic nitrogens is 1. The minimum absolute atomic E-state index is 0.248. The van der Waals surface area contributed by atoms with Gasteiger partial charge in [-0.2, -0.15) is 0 Å². The maximum absolute atomic E-state index is 12.1. The van der Waals surface area contributed by atoms with Crippen LogP contribution >= 0.6 is 11.6 Å². The summed E-state index contributed by atoms with van der Waals surface area (Å²) in [5.41, 5.74) is 2.74. The van der Waals surface area contributed by atoms with Crippen LogP contribution in [-0.4, -0.2) is 18.3 Å². The zero-order chi connectivity index (χ0) is 17.1. The van der Waals surface area contributed by atoms with Crippen LogP contribution in [-0.2, 0) is 6.54 Å². The van der Waals surface area contributed by atoms with Crippen molar-refractivity contribution in [3.63, 3.8) is 0 Å². The first-order valence-electron chi connectivity index (χ1n) is 7.30. The third-order valence-electron chi connectivity index (χ3n) is 3.60. The van der Waals surface area contributed by atoms with Crippen LogP contribution in [0.3, 0.4) is 0 Å². The number of carbonyl (C=O) groups excluding carboxylic acids is 1. The number of ether oxygens (including phenoxy) is 1. The zero-order valence-electron chi connectivity index (χ0n) is 13.2. The zero-order valence-corrected chi connectivity index (χ0v) is 14.0. The first kappa shape index (κ1) is 16.1. The number of halogens is 1. The molecule has 0 aliphatic carbocycles. The second-order valence-electron chi connectivity index (χ2n) is 5.23. The van der Waals surface area contributed by atoms with Crippen LogP contribution in [0.25, 0.3) is 11.0 Å². The molecular formula is C17H16ClN3O3. The van der Waals surface area contributed by atoms with Crippen LogP contribution in [0.15, 0.2) is 40.9 Å². The summed E-state index contributed by atoms with van der Waals surface area (Å²) in [6.07, 6.45) is 0. The summed E-state index contributed by atoms with van der Waals surface area (Å²) < 4.78 is 10.4. The number of hydrogen-bond donors (Lipinski definition) is 2. The van der Waals surface area contributed by atoms with E-state index in [4.69, 9.17) is 20.9 Å². The highest BCUT2D eigenvalue weighted by Crippen LogP contribution is 2.30.